The Morgan fingerprint density at radius 2 is 1.92 bits per heavy atom. The van der Waals surface area contributed by atoms with E-state index in [0.717, 1.165) is 31.6 Å². The molecule has 0 saturated carbocycles. The maximum atomic E-state index is 4.42. The monoisotopic (exact) mass is 327 g/mol. The molecule has 1 fully saturated rings. The highest BCUT2D eigenvalue weighted by Gasteiger charge is 2.19. The SMILES string of the molecule is CC(C)(C)NN=NC1CCN(c2cccc(-n3ccnn3)c2)CC1. The molecule has 1 aliphatic heterocycles. The summed E-state index contributed by atoms with van der Waals surface area (Å²) >= 11 is 0. The molecule has 0 spiro atoms. The lowest BCUT2D eigenvalue weighted by molar-refractivity contribution is 0.399. The molecule has 0 unspecified atom stereocenters. The van der Waals surface area contributed by atoms with Crippen molar-refractivity contribution >= 4 is 5.69 Å². The Balaban J connectivity index is 1.58. The van der Waals surface area contributed by atoms with Crippen LogP contribution in [0.2, 0.25) is 0 Å². The second kappa shape index (κ2) is 6.98. The molecule has 1 aromatic carbocycles. The number of nitrogens with one attached hydrogen (secondary N) is 1. The number of anilines is 1. The van der Waals surface area contributed by atoms with Crippen molar-refractivity contribution in [3.63, 3.8) is 0 Å². The Morgan fingerprint density at radius 1 is 1.17 bits per heavy atom. The predicted octanol–water partition coefficient (Wildman–Crippen LogP) is 2.99. The third-order valence-electron chi connectivity index (χ3n) is 3.95. The molecule has 1 aliphatic rings. The Morgan fingerprint density at radius 3 is 2.58 bits per heavy atom. The van der Waals surface area contributed by atoms with Gasteiger partial charge in [0.25, 0.3) is 0 Å². The summed E-state index contributed by atoms with van der Waals surface area (Å²) in [6, 6.07) is 8.69. The molecule has 1 saturated heterocycles. The minimum Gasteiger partial charge on any atom is -0.371 e. The van der Waals surface area contributed by atoms with Crippen molar-refractivity contribution in [2.45, 2.75) is 45.2 Å². The minimum absolute atomic E-state index is 0.0357. The zero-order valence-electron chi connectivity index (χ0n) is 14.6. The van der Waals surface area contributed by atoms with E-state index in [0.29, 0.717) is 6.04 Å². The number of benzene rings is 1. The topological polar surface area (TPSA) is 70.7 Å². The normalized spacial score (nSPS) is 16.7. The molecular formula is C17H25N7. The molecule has 0 radical (unpaired) electrons. The fraction of sp³-hybridized carbons (Fsp3) is 0.529. The number of piperidine rings is 1. The van der Waals surface area contributed by atoms with Gasteiger partial charge in [-0.05, 0) is 51.8 Å². The third kappa shape index (κ3) is 4.31. The van der Waals surface area contributed by atoms with Crippen molar-refractivity contribution in [1.82, 2.24) is 20.4 Å². The molecule has 1 aromatic heterocycles. The first kappa shape index (κ1) is 16.4. The molecule has 1 N–H and O–H groups in total. The van der Waals surface area contributed by atoms with E-state index in [-0.39, 0.29) is 5.54 Å². The maximum absolute atomic E-state index is 4.42. The first-order valence-electron chi connectivity index (χ1n) is 8.40. The molecule has 2 heterocycles. The lowest BCUT2D eigenvalue weighted by atomic mass is 10.1. The average molecular weight is 327 g/mol. The summed E-state index contributed by atoms with van der Waals surface area (Å²) in [5, 5.41) is 16.5. The van der Waals surface area contributed by atoms with Crippen LogP contribution in [0.25, 0.3) is 5.69 Å². The highest BCUT2D eigenvalue weighted by molar-refractivity contribution is 5.53. The van der Waals surface area contributed by atoms with Gasteiger partial charge in [0.05, 0.1) is 24.1 Å². The van der Waals surface area contributed by atoms with E-state index in [1.807, 2.05) is 12.3 Å². The third-order valence-corrected chi connectivity index (χ3v) is 3.95. The van der Waals surface area contributed by atoms with Crippen molar-refractivity contribution in [2.24, 2.45) is 10.3 Å². The molecule has 0 amide bonds. The summed E-state index contributed by atoms with van der Waals surface area (Å²) in [5.41, 5.74) is 5.27. The van der Waals surface area contributed by atoms with Crippen molar-refractivity contribution in [3.05, 3.63) is 36.7 Å². The van der Waals surface area contributed by atoms with Crippen molar-refractivity contribution in [1.29, 1.82) is 0 Å². The van der Waals surface area contributed by atoms with Gasteiger partial charge in [-0.15, -0.1) is 5.10 Å². The van der Waals surface area contributed by atoms with E-state index in [4.69, 9.17) is 0 Å². The van der Waals surface area contributed by atoms with Gasteiger partial charge in [0.1, 0.15) is 0 Å². The van der Waals surface area contributed by atoms with Gasteiger partial charge in [0.15, 0.2) is 0 Å². The fourth-order valence-corrected chi connectivity index (χ4v) is 2.68. The van der Waals surface area contributed by atoms with Crippen molar-refractivity contribution < 1.29 is 0 Å². The summed E-state index contributed by atoms with van der Waals surface area (Å²) in [6.45, 7) is 8.21. The Bertz CT molecular complexity index is 664. The largest absolute Gasteiger partial charge is 0.371 e. The number of rotatable bonds is 4. The van der Waals surface area contributed by atoms with E-state index in [1.54, 1.807) is 10.9 Å². The predicted molar refractivity (Wildman–Crippen MR) is 94.3 cm³/mol. The van der Waals surface area contributed by atoms with Crippen LogP contribution in [-0.2, 0) is 0 Å². The Labute approximate surface area is 142 Å². The lowest BCUT2D eigenvalue weighted by Crippen LogP contribution is -2.36. The number of hydrogen-bond donors (Lipinski definition) is 1. The quantitative estimate of drug-likeness (QED) is 0.692. The highest BCUT2D eigenvalue weighted by Crippen LogP contribution is 2.23. The molecule has 2 aromatic rings. The molecule has 7 nitrogen and oxygen atoms in total. The molecular weight excluding hydrogens is 302 g/mol. The first-order valence-corrected chi connectivity index (χ1v) is 8.40. The zero-order chi connectivity index (χ0) is 17.0. The van der Waals surface area contributed by atoms with E-state index in [9.17, 15) is 0 Å². The van der Waals surface area contributed by atoms with Crippen LogP contribution in [-0.4, -0.2) is 39.7 Å². The summed E-state index contributed by atoms with van der Waals surface area (Å²) in [4.78, 5) is 2.39. The molecule has 0 aliphatic carbocycles. The Kier molecular flexibility index (Phi) is 4.78. The minimum atomic E-state index is -0.0357. The van der Waals surface area contributed by atoms with Crippen LogP contribution in [0, 0.1) is 0 Å². The summed E-state index contributed by atoms with van der Waals surface area (Å²) in [7, 11) is 0. The van der Waals surface area contributed by atoms with E-state index >= 15 is 0 Å². The average Bonchev–Trinajstić information content (AvgIpc) is 3.09. The molecule has 24 heavy (non-hydrogen) atoms. The van der Waals surface area contributed by atoms with Crippen LogP contribution in [0.15, 0.2) is 47.0 Å². The van der Waals surface area contributed by atoms with Crippen LogP contribution in [0.5, 0.6) is 0 Å². The standard InChI is InChI=1S/C17H25N7/c1-17(2,3)20-21-19-14-7-10-23(11-8-14)15-5-4-6-16(13-15)24-12-9-18-22-24/h4-6,9,12-14H,7-8,10-11H2,1-3H3,(H,19,20). The highest BCUT2D eigenvalue weighted by atomic mass is 15.4. The molecule has 0 atom stereocenters. The van der Waals surface area contributed by atoms with Crippen LogP contribution in [0.3, 0.4) is 0 Å². The molecule has 7 heteroatoms. The number of hydrogen-bond acceptors (Lipinski definition) is 5. The van der Waals surface area contributed by atoms with Crippen LogP contribution in [0.1, 0.15) is 33.6 Å². The van der Waals surface area contributed by atoms with E-state index in [1.165, 1.54) is 5.69 Å². The second-order valence-corrected chi connectivity index (χ2v) is 7.16. The first-order chi connectivity index (χ1) is 11.5. The smallest absolute Gasteiger partial charge is 0.0763 e. The Hall–Kier alpha value is -2.44. The van der Waals surface area contributed by atoms with Gasteiger partial charge in [0.2, 0.25) is 0 Å². The lowest BCUT2D eigenvalue weighted by Gasteiger charge is -2.31. The van der Waals surface area contributed by atoms with Gasteiger partial charge >= 0.3 is 0 Å². The van der Waals surface area contributed by atoms with Crippen LogP contribution >= 0.6 is 0 Å². The van der Waals surface area contributed by atoms with Crippen molar-refractivity contribution in [3.8, 4) is 5.69 Å². The van der Waals surface area contributed by atoms with Gasteiger partial charge in [-0.25, -0.2) is 4.68 Å². The fourth-order valence-electron chi connectivity index (χ4n) is 2.68. The molecule has 3 rings (SSSR count). The van der Waals surface area contributed by atoms with Gasteiger partial charge in [-0.2, -0.15) is 5.11 Å². The zero-order valence-corrected chi connectivity index (χ0v) is 14.6. The maximum Gasteiger partial charge on any atom is 0.0763 e. The second-order valence-electron chi connectivity index (χ2n) is 7.16. The van der Waals surface area contributed by atoms with Crippen molar-refractivity contribution in [2.75, 3.05) is 18.0 Å². The van der Waals surface area contributed by atoms with Gasteiger partial charge < -0.3 is 4.90 Å². The summed E-state index contributed by atoms with van der Waals surface area (Å²) in [6.07, 6.45) is 5.58. The number of aromatic nitrogens is 3. The van der Waals surface area contributed by atoms with Crippen LogP contribution < -0.4 is 10.3 Å². The van der Waals surface area contributed by atoms with Crippen LogP contribution in [0.4, 0.5) is 5.69 Å². The van der Waals surface area contributed by atoms with Gasteiger partial charge in [-0.1, -0.05) is 16.5 Å². The summed E-state index contributed by atoms with van der Waals surface area (Å²) < 4.78 is 1.78. The number of nitrogens with zero attached hydrogens (tertiary/aromatic N) is 6. The molecule has 0 bridgehead atoms. The summed E-state index contributed by atoms with van der Waals surface area (Å²) in [5.74, 6) is 0. The van der Waals surface area contributed by atoms with E-state index in [2.05, 4.69) is 69.9 Å². The van der Waals surface area contributed by atoms with E-state index < -0.39 is 0 Å². The van der Waals surface area contributed by atoms with Gasteiger partial charge in [0, 0.05) is 24.3 Å². The molecule has 128 valence electrons. The van der Waals surface area contributed by atoms with Gasteiger partial charge in [-0.3, -0.25) is 5.43 Å².